The van der Waals surface area contributed by atoms with E-state index in [4.69, 9.17) is 11.5 Å². The van der Waals surface area contributed by atoms with E-state index < -0.39 is 17.9 Å². The highest BCUT2D eigenvalue weighted by Crippen LogP contribution is 2.06. The van der Waals surface area contributed by atoms with Crippen molar-refractivity contribution in [3.63, 3.8) is 0 Å². The summed E-state index contributed by atoms with van der Waals surface area (Å²) in [4.78, 5) is 26.0. The van der Waals surface area contributed by atoms with Crippen molar-refractivity contribution in [3.05, 3.63) is 23.9 Å². The van der Waals surface area contributed by atoms with E-state index in [1.165, 1.54) is 19.2 Å². The summed E-state index contributed by atoms with van der Waals surface area (Å²) in [6.07, 6.45) is 1.48. The van der Waals surface area contributed by atoms with Gasteiger partial charge in [0.05, 0.1) is 5.56 Å². The van der Waals surface area contributed by atoms with Crippen LogP contribution in [0.2, 0.25) is 0 Å². The van der Waals surface area contributed by atoms with Crippen LogP contribution in [0.4, 0.5) is 5.82 Å². The van der Waals surface area contributed by atoms with Gasteiger partial charge in [0, 0.05) is 6.20 Å². The molecule has 0 aliphatic heterocycles. The lowest BCUT2D eigenvalue weighted by Crippen LogP contribution is -2.42. The summed E-state index contributed by atoms with van der Waals surface area (Å²) < 4.78 is 0. The minimum atomic E-state index is -0.739. The monoisotopic (exact) mass is 208 g/mol. The second kappa shape index (κ2) is 4.41. The first-order chi connectivity index (χ1) is 7.02. The Kier molecular flexibility index (Phi) is 3.22. The van der Waals surface area contributed by atoms with Gasteiger partial charge < -0.3 is 16.8 Å². The molecule has 0 saturated heterocycles. The second-order valence-corrected chi connectivity index (χ2v) is 3.03. The average molecular weight is 208 g/mol. The third-order valence-electron chi connectivity index (χ3n) is 1.86. The smallest absolute Gasteiger partial charge is 0.255 e. The first-order valence-corrected chi connectivity index (χ1v) is 4.33. The highest BCUT2D eigenvalue weighted by atomic mass is 16.2. The lowest BCUT2D eigenvalue weighted by atomic mass is 10.2. The molecule has 0 saturated carbocycles. The third kappa shape index (κ3) is 2.67. The summed E-state index contributed by atoms with van der Waals surface area (Å²) in [5.41, 5.74) is 10.7. The maximum atomic E-state index is 11.5. The fourth-order valence-electron chi connectivity index (χ4n) is 0.955. The molecule has 1 unspecified atom stereocenters. The lowest BCUT2D eigenvalue weighted by Gasteiger charge is -2.10. The quantitative estimate of drug-likeness (QED) is 0.607. The van der Waals surface area contributed by atoms with Gasteiger partial charge in [-0.2, -0.15) is 0 Å². The Morgan fingerprint density at radius 3 is 2.73 bits per heavy atom. The first kappa shape index (κ1) is 11.0. The van der Waals surface area contributed by atoms with Gasteiger partial charge in [-0.05, 0) is 19.1 Å². The molecule has 1 rings (SSSR count). The van der Waals surface area contributed by atoms with Crippen LogP contribution >= 0.6 is 0 Å². The highest BCUT2D eigenvalue weighted by Gasteiger charge is 2.15. The Hall–Kier alpha value is -2.11. The standard InChI is InChI=1S/C9H12N4O2/c1-5(8(11)14)13-9(15)6-3-2-4-12-7(6)10/h2-5H,1H3,(H2,10,12)(H2,11,14)(H,13,15). The molecule has 0 bridgehead atoms. The van der Waals surface area contributed by atoms with E-state index >= 15 is 0 Å². The molecule has 0 fully saturated rings. The summed E-state index contributed by atoms with van der Waals surface area (Å²) in [7, 11) is 0. The molecular weight excluding hydrogens is 196 g/mol. The number of hydrogen-bond donors (Lipinski definition) is 3. The molecule has 0 aliphatic rings. The number of carbonyl (C=O) groups is 2. The van der Waals surface area contributed by atoms with E-state index in [1.54, 1.807) is 6.07 Å². The van der Waals surface area contributed by atoms with Gasteiger partial charge in [0.2, 0.25) is 5.91 Å². The van der Waals surface area contributed by atoms with Crippen LogP contribution < -0.4 is 16.8 Å². The highest BCUT2D eigenvalue weighted by molar-refractivity contribution is 6.00. The third-order valence-corrected chi connectivity index (χ3v) is 1.86. The Bertz CT molecular complexity index is 391. The van der Waals surface area contributed by atoms with Crippen molar-refractivity contribution in [2.45, 2.75) is 13.0 Å². The molecular formula is C9H12N4O2. The molecule has 80 valence electrons. The van der Waals surface area contributed by atoms with Crippen molar-refractivity contribution < 1.29 is 9.59 Å². The predicted molar refractivity (Wildman–Crippen MR) is 54.8 cm³/mol. The van der Waals surface area contributed by atoms with Gasteiger partial charge in [-0.3, -0.25) is 9.59 Å². The number of nitrogens with two attached hydrogens (primary N) is 2. The molecule has 1 atom stereocenters. The van der Waals surface area contributed by atoms with Gasteiger partial charge in [-0.25, -0.2) is 4.98 Å². The number of carbonyl (C=O) groups excluding carboxylic acids is 2. The summed E-state index contributed by atoms with van der Waals surface area (Å²) in [5, 5.41) is 2.40. The van der Waals surface area contributed by atoms with E-state index in [-0.39, 0.29) is 11.4 Å². The number of nitrogens with zero attached hydrogens (tertiary/aromatic N) is 1. The Morgan fingerprint density at radius 1 is 1.53 bits per heavy atom. The second-order valence-electron chi connectivity index (χ2n) is 3.03. The Balaban J connectivity index is 2.78. The minimum absolute atomic E-state index is 0.117. The maximum Gasteiger partial charge on any atom is 0.255 e. The maximum absolute atomic E-state index is 11.5. The van der Waals surface area contributed by atoms with Crippen molar-refractivity contribution in [2.24, 2.45) is 5.73 Å². The normalized spacial score (nSPS) is 11.8. The molecule has 0 aromatic carbocycles. The first-order valence-electron chi connectivity index (χ1n) is 4.33. The number of rotatable bonds is 3. The van der Waals surface area contributed by atoms with Crippen LogP contribution in [0.15, 0.2) is 18.3 Å². The van der Waals surface area contributed by atoms with E-state index in [1.807, 2.05) is 0 Å². The lowest BCUT2D eigenvalue weighted by molar-refractivity contribution is -0.119. The number of amides is 2. The molecule has 6 nitrogen and oxygen atoms in total. The minimum Gasteiger partial charge on any atom is -0.383 e. The van der Waals surface area contributed by atoms with E-state index in [0.29, 0.717) is 0 Å². The zero-order valence-electron chi connectivity index (χ0n) is 8.23. The zero-order chi connectivity index (χ0) is 11.4. The van der Waals surface area contributed by atoms with Gasteiger partial charge in [-0.1, -0.05) is 0 Å². The predicted octanol–water partition coefficient (Wildman–Crippen LogP) is -0.733. The van der Waals surface area contributed by atoms with E-state index in [2.05, 4.69) is 10.3 Å². The topological polar surface area (TPSA) is 111 Å². The van der Waals surface area contributed by atoms with Crippen LogP contribution in [-0.4, -0.2) is 22.8 Å². The van der Waals surface area contributed by atoms with Crippen molar-refractivity contribution in [2.75, 3.05) is 5.73 Å². The van der Waals surface area contributed by atoms with Crippen molar-refractivity contribution >= 4 is 17.6 Å². The number of primary amides is 1. The number of hydrogen-bond acceptors (Lipinski definition) is 4. The van der Waals surface area contributed by atoms with Crippen LogP contribution in [0.1, 0.15) is 17.3 Å². The van der Waals surface area contributed by atoms with Gasteiger partial charge in [-0.15, -0.1) is 0 Å². The molecule has 2 amide bonds. The molecule has 0 radical (unpaired) electrons. The van der Waals surface area contributed by atoms with Gasteiger partial charge in [0.15, 0.2) is 0 Å². The van der Waals surface area contributed by atoms with Crippen LogP contribution in [-0.2, 0) is 4.79 Å². The molecule has 1 aromatic heterocycles. The van der Waals surface area contributed by atoms with Crippen molar-refractivity contribution in [3.8, 4) is 0 Å². The Morgan fingerprint density at radius 2 is 2.20 bits per heavy atom. The molecule has 0 spiro atoms. The SMILES string of the molecule is CC(NC(=O)c1cccnc1N)C(N)=O. The molecule has 15 heavy (non-hydrogen) atoms. The van der Waals surface area contributed by atoms with Crippen LogP contribution in [0, 0.1) is 0 Å². The molecule has 1 heterocycles. The van der Waals surface area contributed by atoms with Gasteiger partial charge in [0.25, 0.3) is 5.91 Å². The number of anilines is 1. The number of pyridine rings is 1. The number of nitrogen functional groups attached to an aromatic ring is 1. The summed E-state index contributed by atoms with van der Waals surface area (Å²) in [6.45, 7) is 1.49. The van der Waals surface area contributed by atoms with Gasteiger partial charge in [0.1, 0.15) is 11.9 Å². The van der Waals surface area contributed by atoms with Crippen LogP contribution in [0.3, 0.4) is 0 Å². The molecule has 1 aromatic rings. The number of aromatic nitrogens is 1. The summed E-state index contributed by atoms with van der Waals surface area (Å²) in [5.74, 6) is -0.954. The van der Waals surface area contributed by atoms with Gasteiger partial charge >= 0.3 is 0 Å². The summed E-state index contributed by atoms with van der Waals surface area (Å²) >= 11 is 0. The molecule has 5 N–H and O–H groups in total. The average Bonchev–Trinajstić information content (AvgIpc) is 2.18. The Labute approximate surface area is 86.7 Å². The molecule has 6 heteroatoms. The van der Waals surface area contributed by atoms with E-state index in [0.717, 1.165) is 0 Å². The van der Waals surface area contributed by atoms with Crippen LogP contribution in [0.5, 0.6) is 0 Å². The van der Waals surface area contributed by atoms with Crippen molar-refractivity contribution in [1.82, 2.24) is 10.3 Å². The largest absolute Gasteiger partial charge is 0.383 e. The molecule has 0 aliphatic carbocycles. The van der Waals surface area contributed by atoms with Crippen molar-refractivity contribution in [1.29, 1.82) is 0 Å². The van der Waals surface area contributed by atoms with E-state index in [9.17, 15) is 9.59 Å². The summed E-state index contributed by atoms with van der Waals surface area (Å²) in [6, 6.07) is 2.36. The zero-order valence-corrected chi connectivity index (χ0v) is 8.23. The number of nitrogens with one attached hydrogen (secondary N) is 1. The van der Waals surface area contributed by atoms with Crippen LogP contribution in [0.25, 0.3) is 0 Å². The fraction of sp³-hybridized carbons (Fsp3) is 0.222. The fourth-order valence-corrected chi connectivity index (χ4v) is 0.955.